The minimum Gasteiger partial charge on any atom is -0.453 e. The Balaban J connectivity index is 1.87. The molecule has 0 aliphatic heterocycles. The maximum atomic E-state index is 15.2. The van der Waals surface area contributed by atoms with Crippen molar-refractivity contribution in [3.8, 4) is 11.5 Å². The van der Waals surface area contributed by atoms with Crippen LogP contribution in [0.4, 0.5) is 4.39 Å². The molecule has 3 aromatic rings. The molecule has 0 saturated carbocycles. The molecule has 1 aromatic heterocycles. The van der Waals surface area contributed by atoms with Gasteiger partial charge in [0, 0.05) is 6.20 Å². The van der Waals surface area contributed by atoms with E-state index in [1.165, 1.54) is 0 Å². The molecule has 0 spiro atoms. The molecule has 0 fully saturated rings. The number of aromatic amines is 1. The van der Waals surface area contributed by atoms with Crippen LogP contribution in [0, 0.1) is 5.82 Å². The van der Waals surface area contributed by atoms with Gasteiger partial charge in [-0.15, -0.1) is 0 Å². The van der Waals surface area contributed by atoms with Gasteiger partial charge in [0.2, 0.25) is 0 Å². The summed E-state index contributed by atoms with van der Waals surface area (Å²) in [6, 6.07) is 12.6. The third-order valence-corrected chi connectivity index (χ3v) is 5.00. The van der Waals surface area contributed by atoms with E-state index in [0.717, 1.165) is 18.4 Å². The van der Waals surface area contributed by atoms with Crippen LogP contribution in [0.1, 0.15) is 49.7 Å². The number of ether oxygens (including phenoxy) is 1. The smallest absolute Gasteiger partial charge is 0.181 e. The summed E-state index contributed by atoms with van der Waals surface area (Å²) in [4.78, 5) is 0. The van der Waals surface area contributed by atoms with Crippen molar-refractivity contribution in [2.45, 2.75) is 38.5 Å². The Hall–Kier alpha value is -2.33. The van der Waals surface area contributed by atoms with Crippen LogP contribution in [0.3, 0.4) is 0 Å². The molecule has 5 heteroatoms. The van der Waals surface area contributed by atoms with Crippen LogP contribution in [0.5, 0.6) is 11.5 Å². The Labute approximate surface area is 158 Å². The fourth-order valence-corrected chi connectivity index (χ4v) is 3.35. The van der Waals surface area contributed by atoms with E-state index < -0.39 is 0 Å². The van der Waals surface area contributed by atoms with E-state index in [2.05, 4.69) is 24.0 Å². The van der Waals surface area contributed by atoms with Gasteiger partial charge in [0.1, 0.15) is 5.75 Å². The van der Waals surface area contributed by atoms with Crippen molar-refractivity contribution in [2.24, 2.45) is 0 Å². The average molecular weight is 373 g/mol. The minimum absolute atomic E-state index is 0.0651. The van der Waals surface area contributed by atoms with Crippen LogP contribution >= 0.6 is 11.6 Å². The van der Waals surface area contributed by atoms with Crippen LogP contribution < -0.4 is 4.74 Å². The Morgan fingerprint density at radius 3 is 2.62 bits per heavy atom. The lowest BCUT2D eigenvalue weighted by molar-refractivity contribution is 0.429. The molecule has 3 rings (SSSR count). The molecule has 1 heterocycles. The third-order valence-electron chi connectivity index (χ3n) is 4.70. The summed E-state index contributed by atoms with van der Waals surface area (Å²) in [6.07, 6.45) is 5.35. The number of halogens is 2. The lowest BCUT2D eigenvalue weighted by atomic mass is 9.85. The summed E-state index contributed by atoms with van der Waals surface area (Å²) >= 11 is 6.21. The number of aromatic nitrogens is 2. The van der Waals surface area contributed by atoms with Gasteiger partial charge in [-0.05, 0) is 54.0 Å². The molecule has 3 nitrogen and oxygen atoms in total. The fourth-order valence-electron chi connectivity index (χ4n) is 3.17. The largest absolute Gasteiger partial charge is 0.453 e. The highest BCUT2D eigenvalue weighted by atomic mass is 35.5. The van der Waals surface area contributed by atoms with Gasteiger partial charge >= 0.3 is 0 Å². The van der Waals surface area contributed by atoms with E-state index in [-0.39, 0.29) is 28.4 Å². The molecule has 2 aromatic carbocycles. The Bertz CT molecular complexity index is 837. The van der Waals surface area contributed by atoms with Gasteiger partial charge in [-0.2, -0.15) is 5.10 Å². The molecular weight excluding hydrogens is 351 g/mol. The second kappa shape index (κ2) is 8.37. The van der Waals surface area contributed by atoms with Crippen LogP contribution in [-0.2, 0) is 0 Å². The van der Waals surface area contributed by atoms with Crippen molar-refractivity contribution in [1.29, 1.82) is 0 Å². The van der Waals surface area contributed by atoms with Crippen molar-refractivity contribution in [2.75, 3.05) is 0 Å². The SMILES string of the molecule is CC[C@@H](C[C@H](C)c1cn[nH]c1)c1ccc(Cl)c(Oc2ccccc2)c1F. The lowest BCUT2D eigenvalue weighted by Crippen LogP contribution is -2.06. The lowest BCUT2D eigenvalue weighted by Gasteiger charge is -2.21. The first-order valence-electron chi connectivity index (χ1n) is 8.79. The summed E-state index contributed by atoms with van der Waals surface area (Å²) in [7, 11) is 0. The van der Waals surface area contributed by atoms with Gasteiger partial charge in [0.25, 0.3) is 0 Å². The second-order valence-electron chi connectivity index (χ2n) is 6.47. The van der Waals surface area contributed by atoms with Gasteiger partial charge in [0.05, 0.1) is 11.2 Å². The number of nitrogens with one attached hydrogen (secondary N) is 1. The number of hydrogen-bond acceptors (Lipinski definition) is 2. The van der Waals surface area contributed by atoms with Crippen molar-refractivity contribution < 1.29 is 9.13 Å². The Kier molecular flexibility index (Phi) is 5.94. The second-order valence-corrected chi connectivity index (χ2v) is 6.88. The number of H-pyrrole nitrogens is 1. The Morgan fingerprint density at radius 2 is 1.96 bits per heavy atom. The summed E-state index contributed by atoms with van der Waals surface area (Å²) in [5.41, 5.74) is 1.76. The monoisotopic (exact) mass is 372 g/mol. The van der Waals surface area contributed by atoms with Gasteiger partial charge in [-0.3, -0.25) is 5.10 Å². The summed E-state index contributed by atoms with van der Waals surface area (Å²) in [6.45, 7) is 4.20. The molecule has 0 unspecified atom stereocenters. The highest BCUT2D eigenvalue weighted by Gasteiger charge is 2.23. The fraction of sp³-hybridized carbons (Fsp3) is 0.286. The number of rotatable bonds is 7. The first-order chi connectivity index (χ1) is 12.6. The van der Waals surface area contributed by atoms with Crippen LogP contribution in [0.2, 0.25) is 5.02 Å². The van der Waals surface area contributed by atoms with E-state index in [9.17, 15) is 0 Å². The molecule has 26 heavy (non-hydrogen) atoms. The number of hydrogen-bond donors (Lipinski definition) is 1. The molecule has 0 saturated heterocycles. The highest BCUT2D eigenvalue weighted by molar-refractivity contribution is 6.32. The van der Waals surface area contributed by atoms with Crippen molar-refractivity contribution in [3.05, 3.63) is 76.8 Å². The van der Waals surface area contributed by atoms with E-state index in [4.69, 9.17) is 16.3 Å². The van der Waals surface area contributed by atoms with Gasteiger partial charge < -0.3 is 4.74 Å². The summed E-state index contributed by atoms with van der Waals surface area (Å²) in [5, 5.41) is 7.11. The normalized spacial score (nSPS) is 13.4. The number of nitrogens with zero attached hydrogens (tertiary/aromatic N) is 1. The van der Waals surface area contributed by atoms with E-state index in [1.54, 1.807) is 24.3 Å². The van der Waals surface area contributed by atoms with Gasteiger partial charge in [-0.1, -0.05) is 49.7 Å². The van der Waals surface area contributed by atoms with Crippen LogP contribution in [-0.4, -0.2) is 10.2 Å². The zero-order valence-electron chi connectivity index (χ0n) is 14.9. The minimum atomic E-state index is -0.382. The highest BCUT2D eigenvalue weighted by Crippen LogP contribution is 2.39. The van der Waals surface area contributed by atoms with Crippen LogP contribution in [0.25, 0.3) is 0 Å². The summed E-state index contributed by atoms with van der Waals surface area (Å²) in [5.74, 6) is 0.602. The maximum Gasteiger partial charge on any atom is 0.181 e. The number of para-hydroxylation sites is 1. The quantitative estimate of drug-likeness (QED) is 0.502. The van der Waals surface area contributed by atoms with E-state index >= 15 is 4.39 Å². The van der Waals surface area contributed by atoms with Crippen LogP contribution in [0.15, 0.2) is 54.9 Å². The zero-order chi connectivity index (χ0) is 18.5. The first kappa shape index (κ1) is 18.5. The molecule has 0 aliphatic rings. The van der Waals surface area contributed by atoms with Gasteiger partial charge in [-0.25, -0.2) is 4.39 Å². The average Bonchev–Trinajstić information content (AvgIpc) is 3.19. The topological polar surface area (TPSA) is 37.9 Å². The molecule has 0 aliphatic carbocycles. The first-order valence-corrected chi connectivity index (χ1v) is 9.17. The molecule has 2 atom stereocenters. The van der Waals surface area contributed by atoms with Gasteiger partial charge in [0.15, 0.2) is 11.6 Å². The predicted octanol–water partition coefficient (Wildman–Crippen LogP) is 6.68. The number of benzene rings is 2. The van der Waals surface area contributed by atoms with E-state index in [0.29, 0.717) is 11.3 Å². The molecule has 1 N–H and O–H groups in total. The van der Waals surface area contributed by atoms with Crippen molar-refractivity contribution in [1.82, 2.24) is 10.2 Å². The standard InChI is InChI=1S/C21H22ClFN2O/c1-3-15(11-14(2)16-12-24-25-13-16)18-9-10-19(22)21(20(18)23)26-17-7-5-4-6-8-17/h4-10,12-15H,3,11H2,1-2H3,(H,24,25)/t14-,15-/m0/s1. The van der Waals surface area contributed by atoms with Crippen molar-refractivity contribution >= 4 is 11.6 Å². The molecule has 0 radical (unpaired) electrons. The summed E-state index contributed by atoms with van der Waals surface area (Å²) < 4.78 is 21.0. The van der Waals surface area contributed by atoms with E-state index in [1.807, 2.05) is 30.6 Å². The Morgan fingerprint density at radius 1 is 1.19 bits per heavy atom. The molecule has 0 bridgehead atoms. The van der Waals surface area contributed by atoms with Crippen molar-refractivity contribution in [3.63, 3.8) is 0 Å². The molecule has 136 valence electrons. The third kappa shape index (κ3) is 4.07. The predicted molar refractivity (Wildman–Crippen MR) is 103 cm³/mol. The maximum absolute atomic E-state index is 15.2. The molecular formula is C21H22ClFN2O. The zero-order valence-corrected chi connectivity index (χ0v) is 15.6. The molecule has 0 amide bonds.